The lowest BCUT2D eigenvalue weighted by Crippen LogP contribution is -2.34. The molecule has 0 bridgehead atoms. The Labute approximate surface area is 132 Å². The molecule has 0 radical (unpaired) electrons. The molecule has 2 aromatic rings. The molecule has 1 aromatic heterocycles. The van der Waals surface area contributed by atoms with Crippen molar-refractivity contribution in [2.24, 2.45) is 0 Å². The van der Waals surface area contributed by atoms with Crippen LogP contribution in [-0.4, -0.2) is 22.0 Å². The van der Waals surface area contributed by atoms with Crippen LogP contribution in [0.2, 0.25) is 0 Å². The first kappa shape index (κ1) is 14.6. The highest BCUT2D eigenvalue weighted by molar-refractivity contribution is 8.01. The van der Waals surface area contributed by atoms with Gasteiger partial charge in [0.15, 0.2) is 0 Å². The van der Waals surface area contributed by atoms with Gasteiger partial charge in [0.25, 0.3) is 0 Å². The average molecular weight is 313 g/mol. The van der Waals surface area contributed by atoms with Gasteiger partial charge in [0.1, 0.15) is 0 Å². The molecule has 1 aromatic carbocycles. The molecule has 3 rings (SSSR count). The highest BCUT2D eigenvalue weighted by Crippen LogP contribution is 2.36. The molecule has 0 saturated carbocycles. The summed E-state index contributed by atoms with van der Waals surface area (Å²) in [7, 11) is 0. The van der Waals surface area contributed by atoms with Crippen LogP contribution in [0.3, 0.4) is 0 Å². The number of hydrogen-bond acceptors (Lipinski definition) is 4. The predicted octanol–water partition coefficient (Wildman–Crippen LogP) is 2.20. The first-order valence-electron chi connectivity index (χ1n) is 6.94. The van der Waals surface area contributed by atoms with Gasteiger partial charge in [0.2, 0.25) is 11.8 Å². The van der Waals surface area contributed by atoms with Gasteiger partial charge in [-0.3, -0.25) is 14.6 Å². The minimum atomic E-state index is -0.399. The Morgan fingerprint density at radius 2 is 2.14 bits per heavy atom. The molecule has 1 aliphatic rings. The van der Waals surface area contributed by atoms with Crippen LogP contribution in [0.15, 0.2) is 53.7 Å². The van der Waals surface area contributed by atoms with E-state index in [1.54, 1.807) is 12.4 Å². The first-order chi connectivity index (χ1) is 10.7. The monoisotopic (exact) mass is 313 g/mol. The van der Waals surface area contributed by atoms with Crippen molar-refractivity contribution in [1.29, 1.82) is 0 Å². The van der Waals surface area contributed by atoms with E-state index in [2.05, 4.69) is 15.6 Å². The number of fused-ring (bicyclic) bond motifs is 1. The number of nitrogens with one attached hydrogen (secondary N) is 2. The van der Waals surface area contributed by atoms with Crippen LogP contribution < -0.4 is 10.6 Å². The summed E-state index contributed by atoms with van der Waals surface area (Å²) in [6.07, 6.45) is 3.55. The zero-order chi connectivity index (χ0) is 15.4. The maximum Gasteiger partial charge on any atom is 0.238 e. The van der Waals surface area contributed by atoms with E-state index in [0.717, 1.165) is 16.1 Å². The molecule has 1 atom stereocenters. The van der Waals surface area contributed by atoms with Crippen molar-refractivity contribution in [2.45, 2.75) is 23.1 Å². The van der Waals surface area contributed by atoms with E-state index in [-0.39, 0.29) is 18.2 Å². The van der Waals surface area contributed by atoms with Crippen molar-refractivity contribution in [3.05, 3.63) is 54.4 Å². The van der Waals surface area contributed by atoms with Crippen molar-refractivity contribution in [3.8, 4) is 0 Å². The summed E-state index contributed by atoms with van der Waals surface area (Å²) in [5.74, 6) is -0.267. The SMILES string of the molecule is O=C(C[C@@H]1Sc2ccccc2NC1=O)NCc1cccnc1. The van der Waals surface area contributed by atoms with Gasteiger partial charge >= 0.3 is 0 Å². The number of benzene rings is 1. The summed E-state index contributed by atoms with van der Waals surface area (Å²) < 4.78 is 0. The van der Waals surface area contributed by atoms with Gasteiger partial charge in [-0.2, -0.15) is 0 Å². The zero-order valence-electron chi connectivity index (χ0n) is 11.8. The van der Waals surface area contributed by atoms with Crippen molar-refractivity contribution in [3.63, 3.8) is 0 Å². The minimum Gasteiger partial charge on any atom is -0.352 e. The molecule has 0 aliphatic carbocycles. The third-order valence-corrected chi connectivity index (χ3v) is 4.57. The number of para-hydroxylation sites is 1. The largest absolute Gasteiger partial charge is 0.352 e. The molecule has 1 aliphatic heterocycles. The molecule has 2 heterocycles. The highest BCUT2D eigenvalue weighted by Gasteiger charge is 2.28. The topological polar surface area (TPSA) is 71.1 Å². The van der Waals surface area contributed by atoms with Crippen LogP contribution in [0.25, 0.3) is 0 Å². The molecule has 6 heteroatoms. The standard InChI is InChI=1S/C16H15N3O2S/c20-15(18-10-11-4-3-7-17-9-11)8-14-16(21)19-12-5-1-2-6-13(12)22-14/h1-7,9,14H,8,10H2,(H,18,20)(H,19,21)/t14-/m0/s1. The molecular formula is C16H15N3O2S. The van der Waals surface area contributed by atoms with E-state index in [1.165, 1.54) is 11.8 Å². The van der Waals surface area contributed by atoms with Gasteiger partial charge in [0.05, 0.1) is 10.9 Å². The molecule has 0 unspecified atom stereocenters. The van der Waals surface area contributed by atoms with Crippen LogP contribution in [0.1, 0.15) is 12.0 Å². The van der Waals surface area contributed by atoms with Crippen molar-refractivity contribution in [1.82, 2.24) is 10.3 Å². The van der Waals surface area contributed by atoms with Crippen LogP contribution in [0.5, 0.6) is 0 Å². The van der Waals surface area contributed by atoms with Crippen LogP contribution in [0.4, 0.5) is 5.69 Å². The second kappa shape index (κ2) is 6.62. The van der Waals surface area contributed by atoms with Gasteiger partial charge in [0, 0.05) is 30.3 Å². The zero-order valence-corrected chi connectivity index (χ0v) is 12.6. The summed E-state index contributed by atoms with van der Waals surface area (Å²) in [6, 6.07) is 11.3. The van der Waals surface area contributed by atoms with E-state index in [4.69, 9.17) is 0 Å². The number of anilines is 1. The Morgan fingerprint density at radius 1 is 1.27 bits per heavy atom. The summed E-state index contributed by atoms with van der Waals surface area (Å²) >= 11 is 1.43. The number of nitrogens with zero attached hydrogens (tertiary/aromatic N) is 1. The number of aromatic nitrogens is 1. The fraction of sp³-hybridized carbons (Fsp3) is 0.188. The maximum atomic E-state index is 12.0. The molecule has 0 spiro atoms. The van der Waals surface area contributed by atoms with Crippen LogP contribution in [0, 0.1) is 0 Å². The lowest BCUT2D eigenvalue weighted by molar-refractivity contribution is -0.124. The minimum absolute atomic E-state index is 0.125. The smallest absolute Gasteiger partial charge is 0.238 e. The van der Waals surface area contributed by atoms with Crippen molar-refractivity contribution in [2.75, 3.05) is 5.32 Å². The second-order valence-electron chi connectivity index (χ2n) is 4.93. The lowest BCUT2D eigenvalue weighted by Gasteiger charge is -2.23. The molecule has 22 heavy (non-hydrogen) atoms. The molecule has 2 N–H and O–H groups in total. The number of carbonyl (C=O) groups is 2. The van der Waals surface area contributed by atoms with E-state index >= 15 is 0 Å². The molecule has 0 saturated heterocycles. The Hall–Kier alpha value is -2.34. The van der Waals surface area contributed by atoms with Crippen molar-refractivity contribution < 1.29 is 9.59 Å². The van der Waals surface area contributed by atoms with E-state index < -0.39 is 5.25 Å². The Morgan fingerprint density at radius 3 is 2.95 bits per heavy atom. The molecule has 0 fully saturated rings. The summed E-state index contributed by atoms with van der Waals surface area (Å²) in [5, 5.41) is 5.26. The van der Waals surface area contributed by atoms with Gasteiger partial charge in [-0.05, 0) is 23.8 Å². The first-order valence-corrected chi connectivity index (χ1v) is 7.82. The number of thioether (sulfide) groups is 1. The quantitative estimate of drug-likeness (QED) is 0.908. The second-order valence-corrected chi connectivity index (χ2v) is 6.18. The summed E-state index contributed by atoms with van der Waals surface area (Å²) in [4.78, 5) is 29.1. The van der Waals surface area contributed by atoms with E-state index in [0.29, 0.717) is 6.54 Å². The number of rotatable bonds is 4. The number of amides is 2. The predicted molar refractivity (Wildman–Crippen MR) is 85.4 cm³/mol. The molecule has 2 amide bonds. The lowest BCUT2D eigenvalue weighted by atomic mass is 10.2. The normalized spacial score (nSPS) is 16.5. The Balaban J connectivity index is 1.57. The third-order valence-electron chi connectivity index (χ3n) is 3.29. The molecule has 112 valence electrons. The number of pyridine rings is 1. The fourth-order valence-corrected chi connectivity index (χ4v) is 3.28. The average Bonchev–Trinajstić information content (AvgIpc) is 2.55. The Bertz CT molecular complexity index is 691. The summed E-state index contributed by atoms with van der Waals surface area (Å²) in [5.41, 5.74) is 1.74. The van der Waals surface area contributed by atoms with Crippen LogP contribution >= 0.6 is 11.8 Å². The maximum absolute atomic E-state index is 12.0. The fourth-order valence-electron chi connectivity index (χ4n) is 2.17. The van der Waals surface area contributed by atoms with E-state index in [1.807, 2.05) is 36.4 Å². The summed E-state index contributed by atoms with van der Waals surface area (Å²) in [6.45, 7) is 0.419. The number of hydrogen-bond donors (Lipinski definition) is 2. The van der Waals surface area contributed by atoms with Gasteiger partial charge < -0.3 is 10.6 Å². The number of carbonyl (C=O) groups excluding carboxylic acids is 2. The van der Waals surface area contributed by atoms with Crippen molar-refractivity contribution >= 4 is 29.3 Å². The highest BCUT2D eigenvalue weighted by atomic mass is 32.2. The van der Waals surface area contributed by atoms with Crippen LogP contribution in [-0.2, 0) is 16.1 Å². The third kappa shape index (κ3) is 3.46. The molecule has 5 nitrogen and oxygen atoms in total. The van der Waals surface area contributed by atoms with Gasteiger partial charge in [-0.15, -0.1) is 11.8 Å². The van der Waals surface area contributed by atoms with E-state index in [9.17, 15) is 9.59 Å². The van der Waals surface area contributed by atoms with Gasteiger partial charge in [-0.1, -0.05) is 18.2 Å². The Kier molecular flexibility index (Phi) is 4.39. The van der Waals surface area contributed by atoms with Gasteiger partial charge in [-0.25, -0.2) is 0 Å². The molecular weight excluding hydrogens is 298 g/mol.